The highest BCUT2D eigenvalue weighted by Gasteiger charge is 2.12. The van der Waals surface area contributed by atoms with Crippen LogP contribution >= 0.6 is 11.3 Å². The average Bonchev–Trinajstić information content (AvgIpc) is 3.09. The van der Waals surface area contributed by atoms with E-state index in [0.717, 1.165) is 23.5 Å². The number of benzene rings is 2. The fourth-order valence-corrected chi connectivity index (χ4v) is 4.15. The summed E-state index contributed by atoms with van der Waals surface area (Å²) in [5.74, 6) is 1.64. The molecule has 0 fully saturated rings. The highest BCUT2D eigenvalue weighted by molar-refractivity contribution is 7.17. The molecular formula is C21H21NO3S. The van der Waals surface area contributed by atoms with Gasteiger partial charge >= 0.3 is 0 Å². The van der Waals surface area contributed by atoms with E-state index in [4.69, 9.17) is 9.47 Å². The van der Waals surface area contributed by atoms with E-state index in [0.29, 0.717) is 32.6 Å². The van der Waals surface area contributed by atoms with Gasteiger partial charge in [0.25, 0.3) is 0 Å². The minimum atomic E-state index is 0.0828. The predicted molar refractivity (Wildman–Crippen MR) is 104 cm³/mol. The van der Waals surface area contributed by atoms with Crippen LogP contribution in [0.2, 0.25) is 0 Å². The largest absolute Gasteiger partial charge is 0.486 e. The second kappa shape index (κ2) is 7.79. The van der Waals surface area contributed by atoms with Crippen LogP contribution in [0.4, 0.5) is 0 Å². The van der Waals surface area contributed by atoms with Crippen LogP contribution < -0.4 is 14.8 Å². The van der Waals surface area contributed by atoms with E-state index in [9.17, 15) is 4.79 Å². The summed E-state index contributed by atoms with van der Waals surface area (Å²) >= 11 is 1.76. The molecule has 0 radical (unpaired) electrons. The molecule has 4 nitrogen and oxygen atoms in total. The zero-order chi connectivity index (χ0) is 17.8. The smallest absolute Gasteiger partial charge is 0.220 e. The molecule has 0 bridgehead atoms. The molecule has 3 aromatic rings. The number of ether oxygens (including phenoxy) is 2. The summed E-state index contributed by atoms with van der Waals surface area (Å²) in [4.78, 5) is 12.1. The van der Waals surface area contributed by atoms with Crippen molar-refractivity contribution in [3.05, 3.63) is 59.0 Å². The molecule has 2 aromatic carbocycles. The van der Waals surface area contributed by atoms with Crippen LogP contribution in [0, 0.1) is 0 Å². The number of fused-ring (bicyclic) bond motifs is 2. The molecule has 1 aromatic heterocycles. The van der Waals surface area contributed by atoms with Crippen molar-refractivity contribution in [1.82, 2.24) is 5.32 Å². The van der Waals surface area contributed by atoms with Crippen molar-refractivity contribution in [3.8, 4) is 11.5 Å². The highest BCUT2D eigenvalue weighted by Crippen LogP contribution is 2.31. The lowest BCUT2D eigenvalue weighted by Gasteiger charge is -2.18. The summed E-state index contributed by atoms with van der Waals surface area (Å²) in [5, 5.41) is 6.51. The molecule has 2 heterocycles. The Morgan fingerprint density at radius 1 is 1.04 bits per heavy atom. The van der Waals surface area contributed by atoms with Crippen molar-refractivity contribution in [2.45, 2.75) is 19.3 Å². The first kappa shape index (κ1) is 16.9. The molecule has 1 aliphatic heterocycles. The number of aryl methyl sites for hydroxylation is 1. The summed E-state index contributed by atoms with van der Waals surface area (Å²) < 4.78 is 12.4. The van der Waals surface area contributed by atoms with Gasteiger partial charge in [-0.25, -0.2) is 0 Å². The molecule has 4 rings (SSSR count). The Labute approximate surface area is 156 Å². The minimum Gasteiger partial charge on any atom is -0.486 e. The molecule has 26 heavy (non-hydrogen) atoms. The zero-order valence-corrected chi connectivity index (χ0v) is 15.3. The maximum atomic E-state index is 12.1. The summed E-state index contributed by atoms with van der Waals surface area (Å²) in [7, 11) is 0. The van der Waals surface area contributed by atoms with Gasteiger partial charge in [-0.3, -0.25) is 4.79 Å². The van der Waals surface area contributed by atoms with Gasteiger partial charge in [-0.1, -0.05) is 24.3 Å². The third-order valence-corrected chi connectivity index (χ3v) is 5.54. The van der Waals surface area contributed by atoms with Crippen LogP contribution in [0.3, 0.4) is 0 Å². The molecule has 0 saturated heterocycles. The van der Waals surface area contributed by atoms with Gasteiger partial charge in [0.05, 0.1) is 0 Å². The Morgan fingerprint density at radius 2 is 1.88 bits per heavy atom. The van der Waals surface area contributed by atoms with E-state index >= 15 is 0 Å². The fourth-order valence-electron chi connectivity index (χ4n) is 3.15. The number of rotatable bonds is 6. The van der Waals surface area contributed by atoms with Crippen LogP contribution in [-0.2, 0) is 17.6 Å². The molecule has 1 N–H and O–H groups in total. The van der Waals surface area contributed by atoms with Crippen LogP contribution in [-0.4, -0.2) is 25.7 Å². The van der Waals surface area contributed by atoms with Crippen molar-refractivity contribution in [1.29, 1.82) is 0 Å². The molecule has 0 aliphatic carbocycles. The summed E-state index contributed by atoms with van der Waals surface area (Å²) in [6.07, 6.45) is 2.04. The first-order valence-electron chi connectivity index (χ1n) is 8.90. The van der Waals surface area contributed by atoms with Crippen LogP contribution in [0.1, 0.15) is 17.5 Å². The maximum absolute atomic E-state index is 12.1. The average molecular weight is 367 g/mol. The number of carbonyl (C=O) groups is 1. The Morgan fingerprint density at radius 3 is 2.81 bits per heavy atom. The SMILES string of the molecule is O=C(CCc1ccc2c(c1)OCCO2)NCCc1csc2ccccc12. The van der Waals surface area contributed by atoms with Gasteiger partial charge in [0.15, 0.2) is 11.5 Å². The minimum absolute atomic E-state index is 0.0828. The molecule has 5 heteroatoms. The zero-order valence-electron chi connectivity index (χ0n) is 14.5. The van der Waals surface area contributed by atoms with E-state index in [-0.39, 0.29) is 5.91 Å². The maximum Gasteiger partial charge on any atom is 0.220 e. The van der Waals surface area contributed by atoms with Gasteiger partial charge in [0.2, 0.25) is 5.91 Å². The highest BCUT2D eigenvalue weighted by atomic mass is 32.1. The number of thiophene rings is 1. The van der Waals surface area contributed by atoms with Crippen molar-refractivity contribution < 1.29 is 14.3 Å². The van der Waals surface area contributed by atoms with Crippen molar-refractivity contribution in [2.24, 2.45) is 0 Å². The Kier molecular flexibility index (Phi) is 5.07. The molecular weight excluding hydrogens is 346 g/mol. The second-order valence-electron chi connectivity index (χ2n) is 6.34. The van der Waals surface area contributed by atoms with Crippen molar-refractivity contribution in [2.75, 3.05) is 19.8 Å². The van der Waals surface area contributed by atoms with Gasteiger partial charge in [0.1, 0.15) is 13.2 Å². The van der Waals surface area contributed by atoms with Crippen LogP contribution in [0.15, 0.2) is 47.8 Å². The number of carbonyl (C=O) groups excluding carboxylic acids is 1. The van der Waals surface area contributed by atoms with Gasteiger partial charge in [-0.2, -0.15) is 0 Å². The lowest BCUT2D eigenvalue weighted by Crippen LogP contribution is -2.25. The summed E-state index contributed by atoms with van der Waals surface area (Å²) in [6.45, 7) is 1.84. The van der Waals surface area contributed by atoms with E-state index in [1.165, 1.54) is 15.6 Å². The van der Waals surface area contributed by atoms with Gasteiger partial charge in [-0.05, 0) is 52.9 Å². The Balaban J connectivity index is 1.25. The van der Waals surface area contributed by atoms with Gasteiger partial charge in [-0.15, -0.1) is 11.3 Å². The lowest BCUT2D eigenvalue weighted by atomic mass is 10.1. The first-order valence-corrected chi connectivity index (χ1v) is 9.78. The Hall–Kier alpha value is -2.53. The molecule has 134 valence electrons. The number of hydrogen-bond acceptors (Lipinski definition) is 4. The number of hydrogen-bond donors (Lipinski definition) is 1. The third-order valence-electron chi connectivity index (χ3n) is 4.52. The summed E-state index contributed by atoms with van der Waals surface area (Å²) in [6, 6.07) is 14.3. The molecule has 0 unspecified atom stereocenters. The molecule has 0 spiro atoms. The quantitative estimate of drug-likeness (QED) is 0.717. The number of amides is 1. The van der Waals surface area contributed by atoms with Crippen LogP contribution in [0.25, 0.3) is 10.1 Å². The monoisotopic (exact) mass is 367 g/mol. The van der Waals surface area contributed by atoms with Gasteiger partial charge < -0.3 is 14.8 Å². The van der Waals surface area contributed by atoms with E-state index in [1.54, 1.807) is 11.3 Å². The summed E-state index contributed by atoms with van der Waals surface area (Å²) in [5.41, 5.74) is 2.39. The third kappa shape index (κ3) is 3.83. The first-order chi connectivity index (χ1) is 12.8. The normalized spacial score (nSPS) is 12.9. The number of nitrogens with one attached hydrogen (secondary N) is 1. The van der Waals surface area contributed by atoms with Crippen molar-refractivity contribution >= 4 is 27.3 Å². The van der Waals surface area contributed by atoms with E-state index in [1.807, 2.05) is 18.2 Å². The standard InChI is InChI=1S/C21H21NO3S/c23-21(8-6-15-5-7-18-19(13-15)25-12-11-24-18)22-10-9-16-14-26-20-4-2-1-3-17(16)20/h1-5,7,13-14H,6,8-12H2,(H,22,23). The fraction of sp³-hybridized carbons (Fsp3) is 0.286. The van der Waals surface area contributed by atoms with Crippen LogP contribution in [0.5, 0.6) is 11.5 Å². The van der Waals surface area contributed by atoms with E-state index in [2.05, 4.69) is 35.0 Å². The molecule has 0 atom stereocenters. The van der Waals surface area contributed by atoms with E-state index < -0.39 is 0 Å². The molecule has 1 aliphatic rings. The molecule has 0 saturated carbocycles. The molecule has 1 amide bonds. The second-order valence-corrected chi connectivity index (χ2v) is 7.25. The predicted octanol–water partition coefficient (Wildman–Crippen LogP) is 3.96. The Bertz CT molecular complexity index is 919. The van der Waals surface area contributed by atoms with Crippen molar-refractivity contribution in [3.63, 3.8) is 0 Å². The lowest BCUT2D eigenvalue weighted by molar-refractivity contribution is -0.121. The van der Waals surface area contributed by atoms with Gasteiger partial charge in [0, 0.05) is 17.7 Å². The topological polar surface area (TPSA) is 47.6 Å².